The molecule has 136 valence electrons. The Balaban J connectivity index is 2.01. The van der Waals surface area contributed by atoms with Crippen LogP contribution in [0.15, 0.2) is 35.1 Å². The van der Waals surface area contributed by atoms with Gasteiger partial charge in [-0.2, -0.15) is 9.36 Å². The second kappa shape index (κ2) is 7.39. The minimum Gasteiger partial charge on any atom is -0.506 e. The average molecular weight is 395 g/mol. The van der Waals surface area contributed by atoms with Gasteiger partial charge in [0.25, 0.3) is 0 Å². The van der Waals surface area contributed by atoms with Gasteiger partial charge in [0.15, 0.2) is 0 Å². The molecule has 1 N–H and O–H groups in total. The molecule has 0 fully saturated rings. The van der Waals surface area contributed by atoms with Crippen molar-refractivity contribution in [3.8, 4) is 17.2 Å². The first-order chi connectivity index (χ1) is 12.4. The van der Waals surface area contributed by atoms with Gasteiger partial charge in [-0.05, 0) is 28.5 Å². The highest BCUT2D eigenvalue weighted by atomic mass is 35.5. The van der Waals surface area contributed by atoms with Gasteiger partial charge >= 0.3 is 5.69 Å². The minimum absolute atomic E-state index is 0.121. The Morgan fingerprint density at radius 3 is 2.62 bits per heavy atom. The highest BCUT2D eigenvalue weighted by Gasteiger charge is 2.16. The molecule has 2 aromatic carbocycles. The fraction of sp³-hybridized carbons (Fsp3) is 0.235. The number of halogens is 2. The van der Waals surface area contributed by atoms with Gasteiger partial charge in [0.05, 0.1) is 15.7 Å². The summed E-state index contributed by atoms with van der Waals surface area (Å²) in [7, 11) is 1.53. The van der Waals surface area contributed by atoms with Crippen molar-refractivity contribution < 1.29 is 9.84 Å². The van der Waals surface area contributed by atoms with Crippen LogP contribution in [0.4, 0.5) is 0 Å². The van der Waals surface area contributed by atoms with E-state index in [1.165, 1.54) is 23.9 Å². The Kier molecular flexibility index (Phi) is 5.20. The van der Waals surface area contributed by atoms with E-state index in [9.17, 15) is 9.90 Å². The first-order valence-corrected chi connectivity index (χ1v) is 8.59. The van der Waals surface area contributed by atoms with E-state index >= 15 is 0 Å². The Hall–Kier alpha value is -2.51. The smallest absolute Gasteiger partial charge is 0.368 e. The molecule has 1 aromatic heterocycles. The van der Waals surface area contributed by atoms with E-state index in [-0.39, 0.29) is 28.1 Å². The topological polar surface area (TPSA) is 82.2 Å². The summed E-state index contributed by atoms with van der Waals surface area (Å²) in [4.78, 5) is 12.2. The molecule has 3 rings (SSSR count). The minimum atomic E-state index is -0.356. The molecule has 26 heavy (non-hydrogen) atoms. The lowest BCUT2D eigenvalue weighted by molar-refractivity contribution is 0.304. The summed E-state index contributed by atoms with van der Waals surface area (Å²) in [5.74, 6) is 0.211. The molecule has 0 spiro atoms. The van der Waals surface area contributed by atoms with Gasteiger partial charge in [0.1, 0.15) is 18.1 Å². The number of phenolic OH excluding ortho intramolecular Hbond substituents is 1. The van der Waals surface area contributed by atoms with Gasteiger partial charge in [0, 0.05) is 24.7 Å². The highest BCUT2D eigenvalue weighted by molar-refractivity contribution is 6.35. The maximum atomic E-state index is 12.2. The van der Waals surface area contributed by atoms with E-state index in [0.29, 0.717) is 11.4 Å². The fourth-order valence-electron chi connectivity index (χ4n) is 2.56. The molecule has 0 bridgehead atoms. The summed E-state index contributed by atoms with van der Waals surface area (Å²) in [5, 5.41) is 17.6. The van der Waals surface area contributed by atoms with Crippen molar-refractivity contribution in [3.63, 3.8) is 0 Å². The number of hydrogen-bond acceptors (Lipinski definition) is 5. The molecule has 0 saturated carbocycles. The monoisotopic (exact) mass is 394 g/mol. The number of benzene rings is 2. The predicted molar refractivity (Wildman–Crippen MR) is 98.4 cm³/mol. The van der Waals surface area contributed by atoms with Crippen LogP contribution in [-0.4, -0.2) is 24.9 Å². The van der Waals surface area contributed by atoms with Crippen LogP contribution in [-0.2, 0) is 20.1 Å². The lowest BCUT2D eigenvalue weighted by Crippen LogP contribution is -2.23. The number of ether oxygens (including phenoxy) is 1. The Morgan fingerprint density at radius 2 is 1.96 bits per heavy atom. The number of rotatable bonds is 5. The number of tetrazole rings is 1. The maximum absolute atomic E-state index is 12.2. The third-order valence-corrected chi connectivity index (χ3v) is 4.55. The summed E-state index contributed by atoms with van der Waals surface area (Å²) < 4.78 is 8.19. The quantitative estimate of drug-likeness (QED) is 0.718. The molecular weight excluding hydrogens is 379 g/mol. The second-order valence-electron chi connectivity index (χ2n) is 5.59. The van der Waals surface area contributed by atoms with Crippen LogP contribution < -0.4 is 10.4 Å². The maximum Gasteiger partial charge on any atom is 0.368 e. The number of aryl methyl sites for hydroxylation is 2. The summed E-state index contributed by atoms with van der Waals surface area (Å²) in [6, 6.07) is 8.35. The zero-order valence-corrected chi connectivity index (χ0v) is 15.6. The van der Waals surface area contributed by atoms with Gasteiger partial charge < -0.3 is 9.84 Å². The Morgan fingerprint density at radius 1 is 1.19 bits per heavy atom. The van der Waals surface area contributed by atoms with Crippen LogP contribution in [0, 0.1) is 0 Å². The van der Waals surface area contributed by atoms with Gasteiger partial charge in [-0.1, -0.05) is 42.3 Å². The number of nitrogens with zero attached hydrogens (tertiary/aromatic N) is 4. The molecule has 0 aliphatic heterocycles. The number of aromatic hydroxyl groups is 1. The normalized spacial score (nSPS) is 10.9. The van der Waals surface area contributed by atoms with Crippen LogP contribution in [0.2, 0.25) is 10.0 Å². The van der Waals surface area contributed by atoms with Crippen molar-refractivity contribution in [1.29, 1.82) is 0 Å². The van der Waals surface area contributed by atoms with Crippen molar-refractivity contribution in [3.05, 3.63) is 62.0 Å². The van der Waals surface area contributed by atoms with E-state index in [1.54, 1.807) is 6.07 Å². The SMILES string of the molecule is CCc1cccc(-n2nnn(C)c2=O)c1COc1cc(Cl)c(O)cc1Cl. The molecule has 0 atom stereocenters. The molecule has 0 radical (unpaired) electrons. The van der Waals surface area contributed by atoms with Crippen LogP contribution >= 0.6 is 23.2 Å². The van der Waals surface area contributed by atoms with Crippen molar-refractivity contribution >= 4 is 23.2 Å². The fourth-order valence-corrected chi connectivity index (χ4v) is 2.93. The van der Waals surface area contributed by atoms with E-state index in [2.05, 4.69) is 10.4 Å². The largest absolute Gasteiger partial charge is 0.506 e. The van der Waals surface area contributed by atoms with Gasteiger partial charge in [-0.15, -0.1) is 0 Å². The van der Waals surface area contributed by atoms with Crippen molar-refractivity contribution in [2.75, 3.05) is 0 Å². The zero-order chi connectivity index (χ0) is 18.8. The van der Waals surface area contributed by atoms with Crippen molar-refractivity contribution in [1.82, 2.24) is 19.8 Å². The first kappa shape index (κ1) is 18.3. The van der Waals surface area contributed by atoms with Crippen molar-refractivity contribution in [2.24, 2.45) is 7.05 Å². The molecule has 7 nitrogen and oxygen atoms in total. The van der Waals surface area contributed by atoms with Gasteiger partial charge in [-0.3, -0.25) is 0 Å². The van der Waals surface area contributed by atoms with Gasteiger partial charge in [0.2, 0.25) is 0 Å². The molecule has 0 aliphatic rings. The molecule has 1 heterocycles. The number of phenols is 1. The van der Waals surface area contributed by atoms with E-state index < -0.39 is 0 Å². The molecular formula is C17H16Cl2N4O3. The third kappa shape index (κ3) is 3.40. The molecule has 0 amide bonds. The molecule has 3 aromatic rings. The van der Waals surface area contributed by atoms with Crippen LogP contribution in [0.3, 0.4) is 0 Å². The van der Waals surface area contributed by atoms with Crippen LogP contribution in [0.5, 0.6) is 11.5 Å². The van der Waals surface area contributed by atoms with Gasteiger partial charge in [-0.25, -0.2) is 4.79 Å². The first-order valence-electron chi connectivity index (χ1n) is 7.83. The second-order valence-corrected chi connectivity index (χ2v) is 6.40. The highest BCUT2D eigenvalue weighted by Crippen LogP contribution is 2.35. The van der Waals surface area contributed by atoms with Crippen LogP contribution in [0.25, 0.3) is 5.69 Å². The summed E-state index contributed by atoms with van der Waals surface area (Å²) >= 11 is 12.0. The Bertz CT molecular complexity index is 1010. The summed E-state index contributed by atoms with van der Waals surface area (Å²) in [5.41, 5.74) is 2.02. The van der Waals surface area contributed by atoms with Crippen molar-refractivity contribution in [2.45, 2.75) is 20.0 Å². The summed E-state index contributed by atoms with van der Waals surface area (Å²) in [6.45, 7) is 2.15. The molecule has 9 heteroatoms. The van der Waals surface area contributed by atoms with E-state index in [1.807, 2.05) is 19.1 Å². The third-order valence-electron chi connectivity index (χ3n) is 3.95. The lowest BCUT2D eigenvalue weighted by atomic mass is 10.0. The zero-order valence-electron chi connectivity index (χ0n) is 14.1. The van der Waals surface area contributed by atoms with E-state index in [0.717, 1.165) is 22.2 Å². The molecule has 0 saturated heterocycles. The Labute approximate surface area is 159 Å². The molecule has 0 unspecified atom stereocenters. The number of aromatic nitrogens is 4. The molecule has 0 aliphatic carbocycles. The predicted octanol–water partition coefficient (Wildman–Crippen LogP) is 3.12. The van der Waals surface area contributed by atoms with E-state index in [4.69, 9.17) is 27.9 Å². The summed E-state index contributed by atoms with van der Waals surface area (Å²) in [6.07, 6.45) is 0.742. The average Bonchev–Trinajstić information content (AvgIpc) is 2.95. The lowest BCUT2D eigenvalue weighted by Gasteiger charge is -2.15. The van der Waals surface area contributed by atoms with Crippen LogP contribution in [0.1, 0.15) is 18.1 Å². The standard InChI is InChI=1S/C17H16Cl2N4O3/c1-3-10-5-4-6-14(23-17(25)22(2)20-21-23)11(10)9-26-16-8-12(18)15(24)7-13(16)19/h4-8,24H,3,9H2,1-2H3. The number of hydrogen-bond donors (Lipinski definition) is 1.